The number of ether oxygens (including phenoxy) is 1. The molecule has 2 aromatic carbocycles. The van der Waals surface area contributed by atoms with Crippen LogP contribution >= 0.6 is 0 Å². The van der Waals surface area contributed by atoms with Gasteiger partial charge in [0.15, 0.2) is 5.78 Å². The lowest BCUT2D eigenvalue weighted by atomic mass is 9.63. The van der Waals surface area contributed by atoms with Crippen LogP contribution in [-0.4, -0.2) is 34.5 Å². The van der Waals surface area contributed by atoms with Crippen molar-refractivity contribution in [3.05, 3.63) is 77.9 Å². The molecule has 6 heteroatoms. The van der Waals surface area contributed by atoms with Gasteiger partial charge in [-0.15, -0.1) is 0 Å². The summed E-state index contributed by atoms with van der Waals surface area (Å²) in [6, 6.07) is 14.7. The number of rotatable bonds is 6. The number of carbonyl (C=O) groups is 4. The fraction of sp³-hybridized carbons (Fsp3) is 0.357. The molecule has 34 heavy (non-hydrogen) atoms. The summed E-state index contributed by atoms with van der Waals surface area (Å²) in [6.07, 6.45) is 5.50. The van der Waals surface area contributed by atoms with Crippen molar-refractivity contribution in [2.75, 3.05) is 0 Å². The first kappa shape index (κ1) is 21.0. The van der Waals surface area contributed by atoms with E-state index in [0.717, 1.165) is 12.0 Å². The van der Waals surface area contributed by atoms with Gasteiger partial charge in [-0.25, -0.2) is 4.79 Å². The SMILES string of the molecule is CC(=O)c1cccc(OC(=O)[C@@H](Cc2ccccc2)N2C(=O)[C@H]3[C@@H]4C=C[C@H]([C@H]5C[C@H]45)[C@@H]3C2=O)c1. The van der Waals surface area contributed by atoms with E-state index in [0.29, 0.717) is 17.4 Å². The van der Waals surface area contributed by atoms with Gasteiger partial charge >= 0.3 is 5.97 Å². The molecule has 172 valence electrons. The molecule has 0 radical (unpaired) electrons. The zero-order chi connectivity index (χ0) is 23.6. The van der Waals surface area contributed by atoms with Crippen LogP contribution in [0, 0.1) is 35.5 Å². The van der Waals surface area contributed by atoms with Crippen molar-refractivity contribution in [1.82, 2.24) is 4.90 Å². The molecule has 0 N–H and O–H groups in total. The van der Waals surface area contributed by atoms with Gasteiger partial charge < -0.3 is 4.74 Å². The molecule has 5 aliphatic rings. The van der Waals surface area contributed by atoms with E-state index in [-0.39, 0.29) is 53.4 Å². The summed E-state index contributed by atoms with van der Waals surface area (Å²) in [5.74, 6) is -0.713. The van der Waals surface area contributed by atoms with Gasteiger partial charge in [0.1, 0.15) is 11.8 Å². The Morgan fingerprint density at radius 2 is 1.59 bits per heavy atom. The fourth-order valence-electron chi connectivity index (χ4n) is 6.37. The Kier molecular flexibility index (Phi) is 4.80. The Balaban J connectivity index is 1.32. The number of amides is 2. The average molecular weight is 456 g/mol. The smallest absolute Gasteiger partial charge is 0.335 e. The molecule has 1 aliphatic heterocycles. The van der Waals surface area contributed by atoms with Crippen LogP contribution in [0.4, 0.5) is 0 Å². The monoisotopic (exact) mass is 455 g/mol. The molecule has 3 fully saturated rings. The summed E-state index contributed by atoms with van der Waals surface area (Å²) in [5.41, 5.74) is 1.26. The van der Waals surface area contributed by atoms with Gasteiger partial charge in [-0.05, 0) is 54.7 Å². The van der Waals surface area contributed by atoms with Crippen LogP contribution in [0.5, 0.6) is 5.75 Å². The van der Waals surface area contributed by atoms with Crippen molar-refractivity contribution in [2.24, 2.45) is 35.5 Å². The second-order valence-corrected chi connectivity index (χ2v) is 9.91. The van der Waals surface area contributed by atoms with Crippen LogP contribution in [0.25, 0.3) is 0 Å². The van der Waals surface area contributed by atoms with E-state index in [1.807, 2.05) is 30.3 Å². The minimum atomic E-state index is -1.07. The quantitative estimate of drug-likeness (QED) is 0.219. The summed E-state index contributed by atoms with van der Waals surface area (Å²) in [6.45, 7) is 1.44. The maximum absolute atomic E-state index is 13.7. The summed E-state index contributed by atoms with van der Waals surface area (Å²) in [4.78, 5) is 53.7. The standard InChI is InChI=1S/C28H25NO5/c1-15(30)17-8-5-9-18(13-17)34-28(33)23(12-16-6-3-2-4-7-16)29-26(31)24-19-10-11-20(22-14-21(19)22)25(24)27(29)32/h2-11,13,19-25H,12,14H2,1H3/t19-,20-,21-,22-,23-,24+,25+/m1/s1. The third-order valence-corrected chi connectivity index (χ3v) is 8.01. The molecular weight excluding hydrogens is 430 g/mol. The van der Waals surface area contributed by atoms with Gasteiger partial charge in [0.25, 0.3) is 0 Å². The largest absolute Gasteiger partial charge is 0.425 e. The number of hydrogen-bond acceptors (Lipinski definition) is 5. The number of ketones is 1. The predicted molar refractivity (Wildman–Crippen MR) is 123 cm³/mol. The molecule has 4 aliphatic carbocycles. The predicted octanol–water partition coefficient (Wildman–Crippen LogP) is 3.46. The van der Waals surface area contributed by atoms with Crippen molar-refractivity contribution in [1.29, 1.82) is 0 Å². The highest BCUT2D eigenvalue weighted by molar-refractivity contribution is 6.09. The van der Waals surface area contributed by atoms with E-state index >= 15 is 0 Å². The van der Waals surface area contributed by atoms with Gasteiger partial charge in [-0.3, -0.25) is 19.3 Å². The first-order valence-electron chi connectivity index (χ1n) is 11.9. The molecule has 0 unspecified atom stereocenters. The Labute approximate surface area is 197 Å². The molecule has 6 nitrogen and oxygen atoms in total. The van der Waals surface area contributed by atoms with Gasteiger partial charge in [-0.2, -0.15) is 0 Å². The lowest BCUT2D eigenvalue weighted by molar-refractivity contribution is -0.153. The molecule has 1 saturated heterocycles. The van der Waals surface area contributed by atoms with Gasteiger partial charge in [0.2, 0.25) is 11.8 Å². The Morgan fingerprint density at radius 3 is 2.21 bits per heavy atom. The van der Waals surface area contributed by atoms with E-state index in [2.05, 4.69) is 12.2 Å². The van der Waals surface area contributed by atoms with E-state index in [9.17, 15) is 19.2 Å². The van der Waals surface area contributed by atoms with E-state index in [4.69, 9.17) is 4.74 Å². The number of imide groups is 1. The maximum atomic E-state index is 13.7. The highest BCUT2D eigenvalue weighted by Crippen LogP contribution is 2.65. The fourth-order valence-corrected chi connectivity index (χ4v) is 6.37. The minimum Gasteiger partial charge on any atom is -0.425 e. The van der Waals surface area contributed by atoms with Crippen molar-refractivity contribution >= 4 is 23.6 Å². The van der Waals surface area contributed by atoms with Crippen LogP contribution in [0.2, 0.25) is 0 Å². The summed E-state index contributed by atoms with van der Waals surface area (Å²) in [7, 11) is 0. The molecule has 2 amide bonds. The number of likely N-dealkylation sites (tertiary alicyclic amines) is 1. The number of carbonyl (C=O) groups excluding carboxylic acids is 4. The van der Waals surface area contributed by atoms with Crippen LogP contribution < -0.4 is 4.74 Å². The Morgan fingerprint density at radius 1 is 0.941 bits per heavy atom. The number of Topliss-reactive ketones (excluding diaryl/α,β-unsaturated/α-hetero) is 1. The molecular formula is C28H25NO5. The van der Waals surface area contributed by atoms with E-state index in [1.54, 1.807) is 18.2 Å². The van der Waals surface area contributed by atoms with Gasteiger partial charge in [-0.1, -0.05) is 54.6 Å². The highest BCUT2D eigenvalue weighted by Gasteiger charge is 2.68. The molecule has 0 spiro atoms. The summed E-state index contributed by atoms with van der Waals surface area (Å²) < 4.78 is 5.65. The van der Waals surface area contributed by atoms with Crippen molar-refractivity contribution < 1.29 is 23.9 Å². The lowest BCUT2D eigenvalue weighted by Crippen LogP contribution is -2.48. The first-order chi connectivity index (χ1) is 16.4. The molecule has 0 aromatic heterocycles. The summed E-state index contributed by atoms with van der Waals surface area (Å²) >= 11 is 0. The van der Waals surface area contributed by atoms with Crippen LogP contribution in [0.3, 0.4) is 0 Å². The summed E-state index contributed by atoms with van der Waals surface area (Å²) in [5, 5.41) is 0. The van der Waals surface area contributed by atoms with Crippen LogP contribution in [0.1, 0.15) is 29.3 Å². The zero-order valence-electron chi connectivity index (χ0n) is 18.8. The van der Waals surface area contributed by atoms with Gasteiger partial charge in [0, 0.05) is 12.0 Å². The van der Waals surface area contributed by atoms with Crippen molar-refractivity contribution in [3.8, 4) is 5.75 Å². The number of esters is 1. The Hall–Kier alpha value is -3.54. The maximum Gasteiger partial charge on any atom is 0.335 e. The van der Waals surface area contributed by atoms with Crippen LogP contribution in [-0.2, 0) is 20.8 Å². The molecule has 7 rings (SSSR count). The molecule has 2 aromatic rings. The molecule has 1 heterocycles. The first-order valence-corrected chi connectivity index (χ1v) is 11.9. The number of nitrogens with zero attached hydrogens (tertiary/aromatic N) is 1. The topological polar surface area (TPSA) is 80.8 Å². The van der Waals surface area contributed by atoms with E-state index < -0.39 is 12.0 Å². The normalized spacial score (nSPS) is 31.1. The molecule has 2 saturated carbocycles. The van der Waals surface area contributed by atoms with Crippen molar-refractivity contribution in [3.63, 3.8) is 0 Å². The third-order valence-electron chi connectivity index (χ3n) is 8.01. The zero-order valence-corrected chi connectivity index (χ0v) is 18.8. The van der Waals surface area contributed by atoms with Crippen LogP contribution in [0.15, 0.2) is 66.7 Å². The average Bonchev–Trinajstić information content (AvgIpc) is 3.62. The third kappa shape index (κ3) is 3.23. The number of allylic oxidation sites excluding steroid dienone is 2. The lowest BCUT2D eigenvalue weighted by Gasteiger charge is -2.37. The number of hydrogen-bond donors (Lipinski definition) is 0. The van der Waals surface area contributed by atoms with Crippen molar-refractivity contribution in [2.45, 2.75) is 25.8 Å². The second kappa shape index (κ2) is 7.76. The van der Waals surface area contributed by atoms with E-state index in [1.165, 1.54) is 17.9 Å². The minimum absolute atomic E-state index is 0.0853. The highest BCUT2D eigenvalue weighted by atomic mass is 16.5. The Bertz CT molecular complexity index is 1200. The molecule has 7 atom stereocenters. The molecule has 2 bridgehead atoms. The van der Waals surface area contributed by atoms with Gasteiger partial charge in [0.05, 0.1) is 11.8 Å². The second-order valence-electron chi connectivity index (χ2n) is 9.91. The number of benzene rings is 2.